The summed E-state index contributed by atoms with van der Waals surface area (Å²) in [6.07, 6.45) is 2.48. The van der Waals surface area contributed by atoms with Crippen LogP contribution >= 0.6 is 0 Å². The van der Waals surface area contributed by atoms with Gasteiger partial charge in [0.2, 0.25) is 0 Å². The van der Waals surface area contributed by atoms with E-state index in [2.05, 4.69) is 17.2 Å². The van der Waals surface area contributed by atoms with E-state index < -0.39 is 0 Å². The van der Waals surface area contributed by atoms with Crippen LogP contribution in [0.15, 0.2) is 36.9 Å². The van der Waals surface area contributed by atoms with Crippen LogP contribution in [-0.2, 0) is 0 Å². The molecule has 0 spiro atoms. The fraction of sp³-hybridized carbons (Fsp3) is 0.286. The van der Waals surface area contributed by atoms with Crippen molar-refractivity contribution in [3.8, 4) is 0 Å². The molecule has 0 aliphatic carbocycles. The zero-order valence-corrected chi connectivity index (χ0v) is 10.7. The number of hydrogen-bond donors (Lipinski definition) is 2. The molecule has 0 saturated heterocycles. The number of ketones is 1. The van der Waals surface area contributed by atoms with Crippen molar-refractivity contribution in [3.63, 3.8) is 0 Å². The number of carbonyl (C=O) groups is 2. The summed E-state index contributed by atoms with van der Waals surface area (Å²) in [7, 11) is 0. The third kappa shape index (κ3) is 4.41. The summed E-state index contributed by atoms with van der Waals surface area (Å²) < 4.78 is 0. The van der Waals surface area contributed by atoms with E-state index >= 15 is 0 Å². The van der Waals surface area contributed by atoms with Crippen molar-refractivity contribution in [3.05, 3.63) is 42.5 Å². The molecule has 18 heavy (non-hydrogen) atoms. The SMILES string of the molecule is C=CCC(C)NC(=O)Nc1ccc(C(C)=O)cc1. The molecule has 0 radical (unpaired) electrons. The molecule has 96 valence electrons. The van der Waals surface area contributed by atoms with Gasteiger partial charge in [0, 0.05) is 17.3 Å². The lowest BCUT2D eigenvalue weighted by Crippen LogP contribution is -2.35. The number of urea groups is 1. The number of amides is 2. The minimum Gasteiger partial charge on any atom is -0.335 e. The first-order valence-electron chi connectivity index (χ1n) is 5.82. The average Bonchev–Trinajstić information content (AvgIpc) is 2.29. The predicted octanol–water partition coefficient (Wildman–Crippen LogP) is 2.98. The van der Waals surface area contributed by atoms with Crippen LogP contribution in [0, 0.1) is 0 Å². The van der Waals surface area contributed by atoms with E-state index in [0.717, 1.165) is 6.42 Å². The van der Waals surface area contributed by atoms with Crippen molar-refractivity contribution in [2.24, 2.45) is 0 Å². The second kappa shape index (κ2) is 6.59. The Morgan fingerprint density at radius 3 is 2.44 bits per heavy atom. The van der Waals surface area contributed by atoms with Crippen molar-refractivity contribution >= 4 is 17.5 Å². The topological polar surface area (TPSA) is 58.2 Å². The highest BCUT2D eigenvalue weighted by Crippen LogP contribution is 2.09. The summed E-state index contributed by atoms with van der Waals surface area (Å²) in [5, 5.41) is 5.48. The zero-order chi connectivity index (χ0) is 13.5. The molecule has 1 rings (SSSR count). The number of benzene rings is 1. The molecular formula is C14H18N2O2. The van der Waals surface area contributed by atoms with Crippen LogP contribution < -0.4 is 10.6 Å². The van der Waals surface area contributed by atoms with Gasteiger partial charge in [0.15, 0.2) is 5.78 Å². The Morgan fingerprint density at radius 2 is 1.94 bits per heavy atom. The molecule has 0 heterocycles. The van der Waals surface area contributed by atoms with E-state index in [-0.39, 0.29) is 17.9 Å². The fourth-order valence-corrected chi connectivity index (χ4v) is 1.49. The van der Waals surface area contributed by atoms with Crippen LogP contribution in [0.1, 0.15) is 30.6 Å². The maximum absolute atomic E-state index is 11.6. The Morgan fingerprint density at radius 1 is 1.33 bits per heavy atom. The molecule has 1 unspecified atom stereocenters. The van der Waals surface area contributed by atoms with E-state index in [1.807, 2.05) is 6.92 Å². The maximum Gasteiger partial charge on any atom is 0.319 e. The smallest absolute Gasteiger partial charge is 0.319 e. The van der Waals surface area contributed by atoms with Crippen LogP contribution in [0.5, 0.6) is 0 Å². The van der Waals surface area contributed by atoms with Crippen LogP contribution in [0.4, 0.5) is 10.5 Å². The number of hydrogen-bond acceptors (Lipinski definition) is 2. The Bertz CT molecular complexity index is 438. The van der Waals surface area contributed by atoms with Crippen molar-refractivity contribution in [2.75, 3.05) is 5.32 Å². The maximum atomic E-state index is 11.6. The molecule has 0 bridgehead atoms. The molecule has 4 nitrogen and oxygen atoms in total. The molecule has 0 saturated carbocycles. The second-order valence-electron chi connectivity index (χ2n) is 4.16. The largest absolute Gasteiger partial charge is 0.335 e. The summed E-state index contributed by atoms with van der Waals surface area (Å²) in [6, 6.07) is 6.55. The van der Waals surface area contributed by atoms with Gasteiger partial charge in [0.05, 0.1) is 0 Å². The van der Waals surface area contributed by atoms with E-state index in [1.54, 1.807) is 30.3 Å². The Balaban J connectivity index is 2.54. The van der Waals surface area contributed by atoms with Gasteiger partial charge < -0.3 is 10.6 Å². The van der Waals surface area contributed by atoms with Crippen molar-refractivity contribution in [2.45, 2.75) is 26.3 Å². The number of carbonyl (C=O) groups excluding carboxylic acids is 2. The van der Waals surface area contributed by atoms with Crippen molar-refractivity contribution in [1.29, 1.82) is 0 Å². The van der Waals surface area contributed by atoms with E-state index in [1.165, 1.54) is 6.92 Å². The standard InChI is InChI=1S/C14H18N2O2/c1-4-5-10(2)15-14(18)16-13-8-6-12(7-9-13)11(3)17/h4,6-10H,1,5H2,2-3H3,(H2,15,16,18). The normalized spacial score (nSPS) is 11.4. The van der Waals surface area contributed by atoms with Crippen molar-refractivity contribution in [1.82, 2.24) is 5.32 Å². The Hall–Kier alpha value is -2.10. The number of anilines is 1. The second-order valence-corrected chi connectivity index (χ2v) is 4.16. The molecule has 1 aromatic rings. The molecule has 1 aromatic carbocycles. The molecule has 2 amide bonds. The van der Waals surface area contributed by atoms with E-state index in [9.17, 15) is 9.59 Å². The zero-order valence-electron chi connectivity index (χ0n) is 10.7. The van der Waals surface area contributed by atoms with E-state index in [0.29, 0.717) is 11.3 Å². The molecule has 0 aliphatic heterocycles. The van der Waals surface area contributed by atoms with Gasteiger partial charge in [-0.05, 0) is 44.5 Å². The monoisotopic (exact) mass is 246 g/mol. The third-order valence-corrected chi connectivity index (χ3v) is 2.45. The summed E-state index contributed by atoms with van der Waals surface area (Å²) in [5.74, 6) is 0.00519. The first-order valence-corrected chi connectivity index (χ1v) is 5.82. The van der Waals surface area contributed by atoms with Gasteiger partial charge >= 0.3 is 6.03 Å². The van der Waals surface area contributed by atoms with Crippen LogP contribution in [0.3, 0.4) is 0 Å². The van der Waals surface area contributed by atoms with Crippen LogP contribution in [-0.4, -0.2) is 17.9 Å². The summed E-state index contributed by atoms with van der Waals surface area (Å²) in [4.78, 5) is 22.7. The molecule has 2 N–H and O–H groups in total. The minimum atomic E-state index is -0.264. The first-order chi connectivity index (χ1) is 8.52. The number of nitrogens with one attached hydrogen (secondary N) is 2. The summed E-state index contributed by atoms with van der Waals surface area (Å²) >= 11 is 0. The van der Waals surface area contributed by atoms with Gasteiger partial charge in [-0.1, -0.05) is 6.08 Å². The molecule has 0 aliphatic rings. The van der Waals surface area contributed by atoms with E-state index in [4.69, 9.17) is 0 Å². The average molecular weight is 246 g/mol. The van der Waals surface area contributed by atoms with Crippen molar-refractivity contribution < 1.29 is 9.59 Å². The summed E-state index contributed by atoms with van der Waals surface area (Å²) in [5.41, 5.74) is 1.28. The number of Topliss-reactive ketones (excluding diaryl/α,β-unsaturated/α-hetero) is 1. The van der Waals surface area contributed by atoms with Gasteiger partial charge in [0.25, 0.3) is 0 Å². The molecule has 4 heteroatoms. The van der Waals surface area contributed by atoms with Gasteiger partial charge in [0.1, 0.15) is 0 Å². The lowest BCUT2D eigenvalue weighted by molar-refractivity contribution is 0.101. The molecule has 0 aromatic heterocycles. The van der Waals surface area contributed by atoms with Gasteiger partial charge in [-0.15, -0.1) is 6.58 Å². The first kappa shape index (κ1) is 14.0. The highest BCUT2D eigenvalue weighted by molar-refractivity contribution is 5.95. The highest BCUT2D eigenvalue weighted by atomic mass is 16.2. The van der Waals surface area contributed by atoms with Gasteiger partial charge in [-0.25, -0.2) is 4.79 Å². The molecule has 1 atom stereocenters. The molecule has 0 fully saturated rings. The quantitative estimate of drug-likeness (QED) is 0.620. The Kier molecular flexibility index (Phi) is 5.11. The minimum absolute atomic E-state index is 0.00519. The predicted molar refractivity (Wildman–Crippen MR) is 72.9 cm³/mol. The fourth-order valence-electron chi connectivity index (χ4n) is 1.49. The van der Waals surface area contributed by atoms with Crippen LogP contribution in [0.2, 0.25) is 0 Å². The summed E-state index contributed by atoms with van der Waals surface area (Å²) in [6.45, 7) is 7.02. The highest BCUT2D eigenvalue weighted by Gasteiger charge is 2.06. The third-order valence-electron chi connectivity index (χ3n) is 2.45. The van der Waals surface area contributed by atoms with Gasteiger partial charge in [-0.3, -0.25) is 4.79 Å². The Labute approximate surface area is 107 Å². The lowest BCUT2D eigenvalue weighted by Gasteiger charge is -2.12. The lowest BCUT2D eigenvalue weighted by atomic mass is 10.1. The van der Waals surface area contributed by atoms with Gasteiger partial charge in [-0.2, -0.15) is 0 Å². The number of rotatable bonds is 5. The molecular weight excluding hydrogens is 228 g/mol. The van der Waals surface area contributed by atoms with Crippen LogP contribution in [0.25, 0.3) is 0 Å².